The molecule has 8 nitrogen and oxygen atoms in total. The van der Waals surface area contributed by atoms with E-state index in [1.165, 1.54) is 18.2 Å². The van der Waals surface area contributed by atoms with Crippen LogP contribution in [0.2, 0.25) is 0 Å². The molecule has 3 unspecified atom stereocenters. The molecular formula is C20H18N4O4. The average Bonchev–Trinajstić information content (AvgIpc) is 3.34. The minimum atomic E-state index is -0.556. The number of carbonyl (C=O) groups is 2. The summed E-state index contributed by atoms with van der Waals surface area (Å²) < 4.78 is 0. The fourth-order valence-corrected chi connectivity index (χ4v) is 4.76. The van der Waals surface area contributed by atoms with Crippen molar-refractivity contribution in [3.63, 3.8) is 0 Å². The lowest BCUT2D eigenvalue weighted by Crippen LogP contribution is -2.44. The fourth-order valence-electron chi connectivity index (χ4n) is 4.76. The van der Waals surface area contributed by atoms with Crippen molar-refractivity contribution in [2.24, 2.45) is 5.92 Å². The number of hydrogen-bond acceptors (Lipinski definition) is 6. The van der Waals surface area contributed by atoms with E-state index in [4.69, 9.17) is 0 Å². The molecule has 2 amide bonds. The van der Waals surface area contributed by atoms with Crippen molar-refractivity contribution in [2.45, 2.75) is 18.5 Å². The summed E-state index contributed by atoms with van der Waals surface area (Å²) in [6.07, 6.45) is 0.935. The van der Waals surface area contributed by atoms with Gasteiger partial charge in [-0.1, -0.05) is 36.4 Å². The van der Waals surface area contributed by atoms with Crippen molar-refractivity contribution in [3.8, 4) is 0 Å². The maximum Gasteiger partial charge on any atom is 0.271 e. The van der Waals surface area contributed by atoms with E-state index in [1.807, 2.05) is 35.3 Å². The molecule has 142 valence electrons. The first-order valence-corrected chi connectivity index (χ1v) is 9.28. The molecule has 8 heteroatoms. The first-order chi connectivity index (χ1) is 13.6. The normalized spacial score (nSPS) is 27.3. The van der Waals surface area contributed by atoms with Crippen LogP contribution in [0.25, 0.3) is 0 Å². The molecule has 0 aliphatic carbocycles. The van der Waals surface area contributed by atoms with Crippen LogP contribution in [0.15, 0.2) is 54.6 Å². The molecule has 0 bridgehead atoms. The van der Waals surface area contributed by atoms with Gasteiger partial charge in [0, 0.05) is 25.2 Å². The Morgan fingerprint density at radius 2 is 1.61 bits per heavy atom. The van der Waals surface area contributed by atoms with Crippen molar-refractivity contribution in [2.75, 3.05) is 18.0 Å². The number of benzene rings is 2. The highest BCUT2D eigenvalue weighted by atomic mass is 16.6. The first-order valence-electron chi connectivity index (χ1n) is 9.28. The molecule has 5 rings (SSSR count). The Hall–Kier alpha value is -3.10. The number of hydrogen-bond donors (Lipinski definition) is 0. The molecule has 28 heavy (non-hydrogen) atoms. The summed E-state index contributed by atoms with van der Waals surface area (Å²) in [5.41, 5.74) is 1.12. The van der Waals surface area contributed by atoms with Gasteiger partial charge in [-0.3, -0.25) is 19.7 Å². The van der Waals surface area contributed by atoms with Gasteiger partial charge in [-0.05, 0) is 18.1 Å². The van der Waals surface area contributed by atoms with Gasteiger partial charge >= 0.3 is 0 Å². The molecular weight excluding hydrogens is 360 g/mol. The number of amides is 2. The summed E-state index contributed by atoms with van der Waals surface area (Å²) >= 11 is 0. The third-order valence-corrected chi connectivity index (χ3v) is 5.85. The maximum atomic E-state index is 13.4. The van der Waals surface area contributed by atoms with Gasteiger partial charge in [-0.2, -0.15) is 0 Å². The van der Waals surface area contributed by atoms with E-state index in [-0.39, 0.29) is 29.2 Å². The predicted octanol–water partition coefficient (Wildman–Crippen LogP) is 2.13. The lowest BCUT2D eigenvalue weighted by molar-refractivity contribution is -0.384. The highest BCUT2D eigenvalue weighted by Crippen LogP contribution is 2.48. The van der Waals surface area contributed by atoms with Crippen LogP contribution >= 0.6 is 0 Å². The summed E-state index contributed by atoms with van der Waals surface area (Å²) in [5.74, 6) is -1.12. The highest BCUT2D eigenvalue weighted by molar-refractivity contribution is 6.24. The zero-order valence-corrected chi connectivity index (χ0v) is 15.0. The summed E-state index contributed by atoms with van der Waals surface area (Å²) in [7, 11) is 0. The van der Waals surface area contributed by atoms with E-state index < -0.39 is 16.9 Å². The fraction of sp³-hybridized carbons (Fsp3) is 0.300. The maximum absolute atomic E-state index is 13.4. The van der Waals surface area contributed by atoms with Gasteiger partial charge in [-0.25, -0.2) is 14.9 Å². The van der Waals surface area contributed by atoms with E-state index >= 15 is 0 Å². The van der Waals surface area contributed by atoms with Gasteiger partial charge in [0.15, 0.2) is 0 Å². The topological polar surface area (TPSA) is 87.0 Å². The molecule has 3 aliphatic heterocycles. The lowest BCUT2D eigenvalue weighted by atomic mass is 9.90. The van der Waals surface area contributed by atoms with E-state index in [2.05, 4.69) is 5.01 Å². The van der Waals surface area contributed by atoms with Gasteiger partial charge < -0.3 is 0 Å². The molecule has 2 aromatic carbocycles. The standard InChI is InChI=1S/C20H18N4O4/c25-19-16-17(13-6-2-1-3-7-13)21-10-5-11-22(21)18(16)20(26)23(19)14-8-4-9-15(12-14)24(27)28/h1-4,6-9,12,16-18H,5,10-11H2. The van der Waals surface area contributed by atoms with Crippen LogP contribution in [0.5, 0.6) is 0 Å². The average molecular weight is 378 g/mol. The highest BCUT2D eigenvalue weighted by Gasteiger charge is 2.62. The lowest BCUT2D eigenvalue weighted by Gasteiger charge is -2.29. The zero-order chi connectivity index (χ0) is 19.4. The SMILES string of the molecule is O=C1C2C(C(=O)N1c1cccc([N+](=O)[O-])c1)N1CCCN1C2c1ccccc1. The first kappa shape index (κ1) is 17.0. The molecule has 0 aromatic heterocycles. The number of hydrazine groups is 1. The van der Waals surface area contributed by atoms with Crippen molar-refractivity contribution in [3.05, 3.63) is 70.3 Å². The third kappa shape index (κ3) is 2.31. The van der Waals surface area contributed by atoms with Crippen LogP contribution < -0.4 is 4.90 Å². The molecule has 0 spiro atoms. The minimum absolute atomic E-state index is 0.141. The largest absolute Gasteiger partial charge is 0.274 e. The molecule has 3 heterocycles. The van der Waals surface area contributed by atoms with Gasteiger partial charge in [0.05, 0.1) is 22.6 Å². The smallest absolute Gasteiger partial charge is 0.271 e. The summed E-state index contributed by atoms with van der Waals surface area (Å²) in [5, 5.41) is 15.3. The molecule has 3 atom stereocenters. The van der Waals surface area contributed by atoms with Gasteiger partial charge in [-0.15, -0.1) is 0 Å². The number of carbonyl (C=O) groups excluding carboxylic acids is 2. The Bertz CT molecular complexity index is 979. The number of fused-ring (bicyclic) bond motifs is 3. The summed E-state index contributed by atoms with van der Waals surface area (Å²) in [4.78, 5) is 38.4. The Morgan fingerprint density at radius 3 is 2.32 bits per heavy atom. The van der Waals surface area contributed by atoms with Crippen LogP contribution in [0, 0.1) is 16.0 Å². The Morgan fingerprint density at radius 1 is 0.893 bits per heavy atom. The number of rotatable bonds is 3. The Kier molecular flexibility index (Phi) is 3.78. The van der Waals surface area contributed by atoms with Crippen LogP contribution in [-0.2, 0) is 9.59 Å². The Labute approximate surface area is 161 Å². The molecule has 0 saturated carbocycles. The van der Waals surface area contributed by atoms with Crippen molar-refractivity contribution in [1.82, 2.24) is 10.0 Å². The van der Waals surface area contributed by atoms with Crippen LogP contribution in [0.3, 0.4) is 0 Å². The monoisotopic (exact) mass is 378 g/mol. The van der Waals surface area contributed by atoms with Crippen molar-refractivity contribution < 1.29 is 14.5 Å². The van der Waals surface area contributed by atoms with Crippen LogP contribution in [-0.4, -0.2) is 45.9 Å². The number of nitro groups is 1. The predicted molar refractivity (Wildman–Crippen MR) is 100 cm³/mol. The molecule has 0 radical (unpaired) electrons. The van der Waals surface area contributed by atoms with E-state index in [0.29, 0.717) is 0 Å². The molecule has 3 saturated heterocycles. The quantitative estimate of drug-likeness (QED) is 0.462. The number of imide groups is 1. The van der Waals surface area contributed by atoms with Gasteiger partial charge in [0.1, 0.15) is 6.04 Å². The molecule has 2 aromatic rings. The van der Waals surface area contributed by atoms with Crippen LogP contribution in [0.4, 0.5) is 11.4 Å². The number of nitro benzene ring substituents is 1. The second kappa shape index (κ2) is 6.22. The van der Waals surface area contributed by atoms with E-state index in [9.17, 15) is 19.7 Å². The second-order valence-electron chi connectivity index (χ2n) is 7.29. The van der Waals surface area contributed by atoms with Crippen molar-refractivity contribution >= 4 is 23.2 Å². The zero-order valence-electron chi connectivity index (χ0n) is 15.0. The van der Waals surface area contributed by atoms with Gasteiger partial charge in [0.2, 0.25) is 5.91 Å². The van der Waals surface area contributed by atoms with E-state index in [0.717, 1.165) is 30.0 Å². The number of anilines is 1. The van der Waals surface area contributed by atoms with Crippen LogP contribution in [0.1, 0.15) is 18.0 Å². The minimum Gasteiger partial charge on any atom is -0.274 e. The second-order valence-corrected chi connectivity index (χ2v) is 7.29. The Balaban J connectivity index is 1.58. The number of non-ortho nitro benzene ring substituents is 1. The number of nitrogens with zero attached hydrogens (tertiary/aromatic N) is 4. The summed E-state index contributed by atoms with van der Waals surface area (Å²) in [6.45, 7) is 1.54. The van der Waals surface area contributed by atoms with Crippen molar-refractivity contribution in [1.29, 1.82) is 0 Å². The van der Waals surface area contributed by atoms with E-state index in [1.54, 1.807) is 6.07 Å². The van der Waals surface area contributed by atoms with Gasteiger partial charge in [0.25, 0.3) is 11.6 Å². The molecule has 0 N–H and O–H groups in total. The molecule has 3 fully saturated rings. The third-order valence-electron chi connectivity index (χ3n) is 5.85. The molecule has 3 aliphatic rings. The summed E-state index contributed by atoms with van der Waals surface area (Å²) in [6, 6.07) is 14.7.